The van der Waals surface area contributed by atoms with Crippen molar-refractivity contribution >= 4 is 22.8 Å². The molecule has 0 aliphatic carbocycles. The molecule has 5 nitrogen and oxygen atoms in total. The van der Waals surface area contributed by atoms with Crippen molar-refractivity contribution in [1.82, 2.24) is 9.97 Å². The van der Waals surface area contributed by atoms with E-state index >= 15 is 0 Å². The fourth-order valence-electron chi connectivity index (χ4n) is 1.71. The van der Waals surface area contributed by atoms with E-state index in [0.717, 1.165) is 11.0 Å². The molecule has 0 amide bonds. The number of aromatic nitrogens is 2. The summed E-state index contributed by atoms with van der Waals surface area (Å²) in [5.41, 5.74) is 1.64. The monoisotopic (exact) mass is 245 g/mol. The van der Waals surface area contributed by atoms with Crippen LogP contribution in [0.4, 0.5) is 5.82 Å². The second-order valence-corrected chi connectivity index (χ2v) is 4.34. The number of para-hydroxylation sites is 2. The summed E-state index contributed by atoms with van der Waals surface area (Å²) >= 11 is 0. The molecule has 94 valence electrons. The maximum atomic E-state index is 10.8. The fourth-order valence-corrected chi connectivity index (χ4v) is 1.71. The molecule has 0 aliphatic rings. The topological polar surface area (TPSA) is 66.3 Å². The van der Waals surface area contributed by atoms with Crippen molar-refractivity contribution in [3.05, 3.63) is 30.5 Å². The van der Waals surface area contributed by atoms with Crippen molar-refractivity contribution in [2.24, 2.45) is 5.92 Å². The Balaban J connectivity index is 2.22. The predicted molar refractivity (Wildman–Crippen MR) is 69.6 cm³/mol. The molecule has 0 unspecified atom stereocenters. The van der Waals surface area contributed by atoms with Crippen LogP contribution in [-0.2, 0) is 4.79 Å². The number of carbonyl (C=O) groups is 1. The lowest BCUT2D eigenvalue weighted by atomic mass is 10.2. The van der Waals surface area contributed by atoms with E-state index in [0.29, 0.717) is 12.4 Å². The summed E-state index contributed by atoms with van der Waals surface area (Å²) in [7, 11) is 1.82. The van der Waals surface area contributed by atoms with Crippen LogP contribution in [0.1, 0.15) is 6.92 Å². The minimum atomic E-state index is -0.810. The van der Waals surface area contributed by atoms with Crippen molar-refractivity contribution in [3.63, 3.8) is 0 Å². The number of hydrogen-bond acceptors (Lipinski definition) is 4. The maximum absolute atomic E-state index is 10.8. The zero-order valence-electron chi connectivity index (χ0n) is 10.4. The van der Waals surface area contributed by atoms with Gasteiger partial charge in [-0.15, -0.1) is 0 Å². The molecule has 18 heavy (non-hydrogen) atoms. The number of aliphatic carboxylic acids is 1. The van der Waals surface area contributed by atoms with Crippen LogP contribution in [0.2, 0.25) is 0 Å². The third kappa shape index (κ3) is 2.56. The highest BCUT2D eigenvalue weighted by Crippen LogP contribution is 2.15. The Bertz CT molecular complexity index is 571. The summed E-state index contributed by atoms with van der Waals surface area (Å²) in [6.45, 7) is 2.08. The molecular formula is C13H15N3O2. The van der Waals surface area contributed by atoms with Crippen molar-refractivity contribution in [2.75, 3.05) is 18.5 Å². The Hall–Kier alpha value is -2.17. The zero-order valence-corrected chi connectivity index (χ0v) is 10.4. The second kappa shape index (κ2) is 5.00. The molecule has 1 atom stereocenters. The van der Waals surface area contributed by atoms with Crippen LogP contribution in [-0.4, -0.2) is 34.6 Å². The van der Waals surface area contributed by atoms with E-state index in [9.17, 15) is 4.79 Å². The lowest BCUT2D eigenvalue weighted by Crippen LogP contribution is -2.29. The number of carboxylic acids is 1. The highest BCUT2D eigenvalue weighted by Gasteiger charge is 2.15. The molecule has 0 radical (unpaired) electrons. The summed E-state index contributed by atoms with van der Waals surface area (Å²) in [5.74, 6) is -0.569. The standard InChI is InChI=1S/C13H15N3O2/c1-9(13(17)18)8-16(2)12-7-14-10-5-3-4-6-11(10)15-12/h3-7,9H,8H2,1-2H3,(H,17,18)/t9-/m1/s1. The molecule has 0 aliphatic heterocycles. The van der Waals surface area contributed by atoms with Gasteiger partial charge in [0.05, 0.1) is 23.1 Å². The number of carboxylic acid groups (broad SMARTS) is 1. The van der Waals surface area contributed by atoms with Crippen LogP contribution in [0, 0.1) is 5.92 Å². The van der Waals surface area contributed by atoms with Gasteiger partial charge in [0.1, 0.15) is 5.82 Å². The molecule has 1 N–H and O–H groups in total. The quantitative estimate of drug-likeness (QED) is 0.889. The molecule has 1 heterocycles. The highest BCUT2D eigenvalue weighted by molar-refractivity contribution is 5.75. The summed E-state index contributed by atoms with van der Waals surface area (Å²) in [4.78, 5) is 21.4. The maximum Gasteiger partial charge on any atom is 0.308 e. The molecule has 1 aromatic carbocycles. The molecule has 0 fully saturated rings. The Morgan fingerprint density at radius 2 is 2.06 bits per heavy atom. The van der Waals surface area contributed by atoms with Crippen molar-refractivity contribution in [3.8, 4) is 0 Å². The van der Waals surface area contributed by atoms with Gasteiger partial charge in [0.15, 0.2) is 0 Å². The molecule has 0 saturated carbocycles. The van der Waals surface area contributed by atoms with Crippen LogP contribution in [0.5, 0.6) is 0 Å². The van der Waals surface area contributed by atoms with E-state index in [1.165, 1.54) is 0 Å². The minimum Gasteiger partial charge on any atom is -0.481 e. The van der Waals surface area contributed by atoms with Gasteiger partial charge in [-0.2, -0.15) is 0 Å². The van der Waals surface area contributed by atoms with E-state index < -0.39 is 11.9 Å². The van der Waals surface area contributed by atoms with Crippen LogP contribution < -0.4 is 4.90 Å². The van der Waals surface area contributed by atoms with E-state index in [2.05, 4.69) is 9.97 Å². The van der Waals surface area contributed by atoms with Gasteiger partial charge in [0, 0.05) is 13.6 Å². The average Bonchev–Trinajstić information content (AvgIpc) is 2.37. The van der Waals surface area contributed by atoms with Gasteiger partial charge in [-0.05, 0) is 12.1 Å². The summed E-state index contributed by atoms with van der Waals surface area (Å²) in [6, 6.07) is 7.60. The summed E-state index contributed by atoms with van der Waals surface area (Å²) in [5, 5.41) is 8.89. The van der Waals surface area contributed by atoms with Crippen LogP contribution in [0.15, 0.2) is 30.5 Å². The van der Waals surface area contributed by atoms with Crippen molar-refractivity contribution in [2.45, 2.75) is 6.92 Å². The van der Waals surface area contributed by atoms with Crippen molar-refractivity contribution < 1.29 is 9.90 Å². The lowest BCUT2D eigenvalue weighted by molar-refractivity contribution is -0.140. The SMILES string of the molecule is C[C@H](CN(C)c1cnc2ccccc2n1)C(=O)O. The Kier molecular flexibility index (Phi) is 3.41. The van der Waals surface area contributed by atoms with Gasteiger partial charge in [-0.25, -0.2) is 4.98 Å². The fraction of sp³-hybridized carbons (Fsp3) is 0.308. The molecule has 0 spiro atoms. The first-order chi connectivity index (χ1) is 8.58. The van der Waals surface area contributed by atoms with E-state index in [4.69, 9.17) is 5.11 Å². The van der Waals surface area contributed by atoms with Crippen LogP contribution >= 0.6 is 0 Å². The van der Waals surface area contributed by atoms with E-state index in [1.54, 1.807) is 18.0 Å². The van der Waals surface area contributed by atoms with Gasteiger partial charge in [-0.3, -0.25) is 9.78 Å². The molecule has 0 bridgehead atoms. The molecule has 2 aromatic rings. The Morgan fingerprint density at radius 1 is 1.39 bits per heavy atom. The van der Waals surface area contributed by atoms with Crippen LogP contribution in [0.3, 0.4) is 0 Å². The number of fused-ring (bicyclic) bond motifs is 1. The molecule has 0 saturated heterocycles. The number of rotatable bonds is 4. The van der Waals surface area contributed by atoms with E-state index in [-0.39, 0.29) is 0 Å². The van der Waals surface area contributed by atoms with Crippen LogP contribution in [0.25, 0.3) is 11.0 Å². The molecule has 5 heteroatoms. The first kappa shape index (κ1) is 12.3. The Morgan fingerprint density at radius 3 is 2.72 bits per heavy atom. The number of anilines is 1. The third-order valence-corrected chi connectivity index (χ3v) is 2.80. The summed E-state index contributed by atoms with van der Waals surface area (Å²) in [6.07, 6.45) is 1.66. The number of hydrogen-bond donors (Lipinski definition) is 1. The lowest BCUT2D eigenvalue weighted by Gasteiger charge is -2.20. The second-order valence-electron chi connectivity index (χ2n) is 4.34. The Labute approximate surface area is 105 Å². The number of benzene rings is 1. The van der Waals surface area contributed by atoms with Gasteiger partial charge in [0.25, 0.3) is 0 Å². The highest BCUT2D eigenvalue weighted by atomic mass is 16.4. The zero-order chi connectivity index (χ0) is 13.1. The smallest absolute Gasteiger partial charge is 0.308 e. The average molecular weight is 245 g/mol. The van der Waals surface area contributed by atoms with Crippen molar-refractivity contribution in [1.29, 1.82) is 0 Å². The molecule has 1 aromatic heterocycles. The molecule has 2 rings (SSSR count). The first-order valence-electron chi connectivity index (χ1n) is 5.73. The minimum absolute atomic E-state index is 0.405. The van der Waals surface area contributed by atoms with Gasteiger partial charge in [-0.1, -0.05) is 19.1 Å². The first-order valence-corrected chi connectivity index (χ1v) is 5.73. The number of nitrogens with zero attached hydrogens (tertiary/aromatic N) is 3. The largest absolute Gasteiger partial charge is 0.481 e. The van der Waals surface area contributed by atoms with Gasteiger partial charge >= 0.3 is 5.97 Å². The van der Waals surface area contributed by atoms with E-state index in [1.807, 2.05) is 31.3 Å². The van der Waals surface area contributed by atoms with Gasteiger partial charge in [0.2, 0.25) is 0 Å². The molecular weight excluding hydrogens is 230 g/mol. The summed E-state index contributed by atoms with van der Waals surface area (Å²) < 4.78 is 0. The third-order valence-electron chi connectivity index (χ3n) is 2.80. The predicted octanol–water partition coefficient (Wildman–Crippen LogP) is 1.79. The van der Waals surface area contributed by atoms with Gasteiger partial charge < -0.3 is 10.0 Å². The normalized spacial score (nSPS) is 12.3.